The van der Waals surface area contributed by atoms with E-state index < -0.39 is 0 Å². The third kappa shape index (κ3) is 2.25. The van der Waals surface area contributed by atoms with Crippen molar-refractivity contribution < 1.29 is 14.3 Å². The molecule has 20 heavy (non-hydrogen) atoms. The fraction of sp³-hybridized carbons (Fsp3) is 0.400. The number of hydrogen-bond acceptors (Lipinski definition) is 3. The molecule has 1 aromatic rings. The molecule has 4 nitrogen and oxygen atoms in total. The number of cyclic esters (lactones) is 1. The lowest BCUT2D eigenvalue weighted by atomic mass is 10.1. The molecule has 0 bridgehead atoms. The van der Waals surface area contributed by atoms with Crippen molar-refractivity contribution in [1.29, 1.82) is 0 Å². The second kappa shape index (κ2) is 5.58. The van der Waals surface area contributed by atoms with Crippen LogP contribution < -0.4 is 0 Å². The lowest BCUT2D eigenvalue weighted by Crippen LogP contribution is -2.53. The molecule has 0 aromatic heterocycles. The van der Waals surface area contributed by atoms with Crippen LogP contribution in [-0.2, 0) is 9.47 Å². The van der Waals surface area contributed by atoms with Crippen molar-refractivity contribution in [3.63, 3.8) is 0 Å². The molecule has 2 aliphatic rings. The number of fused-ring (bicyclic) bond motifs is 1. The second-order valence-electron chi connectivity index (χ2n) is 4.88. The van der Waals surface area contributed by atoms with E-state index in [1.807, 2.05) is 49.4 Å². The summed E-state index contributed by atoms with van der Waals surface area (Å²) in [6, 6.07) is 9.81. The van der Waals surface area contributed by atoms with E-state index in [4.69, 9.17) is 9.47 Å². The van der Waals surface area contributed by atoms with Crippen LogP contribution in [0.1, 0.15) is 18.5 Å². The molecule has 2 saturated heterocycles. The number of nitrogens with zero attached hydrogens (tertiary/aromatic N) is 1. The number of hydrogen-bond donors (Lipinski definition) is 0. The SMILES string of the molecule is C/C=C/[C@@H]1OC(=O)N2[C@H](OC[C@H]2c2ccccc2)[C@H]1Br. The molecule has 2 fully saturated rings. The first-order valence-electron chi connectivity index (χ1n) is 6.64. The molecule has 2 aliphatic heterocycles. The van der Waals surface area contributed by atoms with Gasteiger partial charge in [-0.3, -0.25) is 4.90 Å². The maximum Gasteiger partial charge on any atom is 0.413 e. The van der Waals surface area contributed by atoms with E-state index in [1.165, 1.54) is 0 Å². The van der Waals surface area contributed by atoms with E-state index in [1.54, 1.807) is 4.90 Å². The highest BCUT2D eigenvalue weighted by atomic mass is 79.9. The highest BCUT2D eigenvalue weighted by Crippen LogP contribution is 2.39. The average molecular weight is 338 g/mol. The monoisotopic (exact) mass is 337 g/mol. The van der Waals surface area contributed by atoms with Crippen molar-refractivity contribution in [2.24, 2.45) is 0 Å². The molecular weight excluding hydrogens is 322 g/mol. The van der Waals surface area contributed by atoms with Crippen molar-refractivity contribution in [2.75, 3.05) is 6.61 Å². The van der Waals surface area contributed by atoms with Crippen molar-refractivity contribution in [2.45, 2.75) is 30.1 Å². The Hall–Kier alpha value is -1.33. The Morgan fingerprint density at radius 3 is 2.80 bits per heavy atom. The van der Waals surface area contributed by atoms with Gasteiger partial charge in [-0.15, -0.1) is 0 Å². The largest absolute Gasteiger partial charge is 0.440 e. The molecule has 2 heterocycles. The van der Waals surface area contributed by atoms with E-state index >= 15 is 0 Å². The van der Waals surface area contributed by atoms with Gasteiger partial charge in [0.05, 0.1) is 12.6 Å². The Kier molecular flexibility index (Phi) is 3.81. The summed E-state index contributed by atoms with van der Waals surface area (Å²) in [5.41, 5.74) is 1.07. The van der Waals surface area contributed by atoms with Crippen LogP contribution in [0.2, 0.25) is 0 Å². The zero-order valence-electron chi connectivity index (χ0n) is 11.1. The Bertz CT molecular complexity index is 519. The van der Waals surface area contributed by atoms with Gasteiger partial charge in [-0.25, -0.2) is 4.79 Å². The number of rotatable bonds is 2. The minimum atomic E-state index is -0.319. The standard InChI is InChI=1S/C15H16BrNO3/c1-2-6-12-13(16)14-17(15(18)20-12)11(9-19-14)10-7-4-3-5-8-10/h2-8,11-14H,9H2,1H3/b6-2+/t11-,12-,13-,14+/m0/s1. The van der Waals surface area contributed by atoms with E-state index in [9.17, 15) is 4.79 Å². The smallest absolute Gasteiger partial charge is 0.413 e. The number of carbonyl (C=O) groups is 1. The lowest BCUT2D eigenvalue weighted by molar-refractivity contribution is -0.0390. The predicted molar refractivity (Wildman–Crippen MR) is 78.6 cm³/mol. The maximum absolute atomic E-state index is 12.3. The van der Waals surface area contributed by atoms with E-state index in [0.29, 0.717) is 6.61 Å². The van der Waals surface area contributed by atoms with E-state index in [-0.39, 0.29) is 29.3 Å². The van der Waals surface area contributed by atoms with Gasteiger partial charge < -0.3 is 9.47 Å². The summed E-state index contributed by atoms with van der Waals surface area (Å²) >= 11 is 3.60. The Labute approximate surface area is 126 Å². The summed E-state index contributed by atoms with van der Waals surface area (Å²) in [5, 5.41) is 0. The summed E-state index contributed by atoms with van der Waals surface area (Å²) in [6.45, 7) is 2.40. The average Bonchev–Trinajstić information content (AvgIpc) is 2.91. The molecule has 0 saturated carbocycles. The highest BCUT2D eigenvalue weighted by molar-refractivity contribution is 9.09. The normalized spacial score (nSPS) is 33.3. The zero-order valence-corrected chi connectivity index (χ0v) is 12.7. The number of halogens is 1. The first kappa shape index (κ1) is 13.6. The van der Waals surface area contributed by atoms with Crippen LogP contribution >= 0.6 is 15.9 Å². The van der Waals surface area contributed by atoms with Crippen LogP contribution in [0.4, 0.5) is 4.79 Å². The van der Waals surface area contributed by atoms with Crippen LogP contribution in [0, 0.1) is 0 Å². The molecular formula is C15H16BrNO3. The van der Waals surface area contributed by atoms with E-state index in [0.717, 1.165) is 5.56 Å². The molecule has 106 valence electrons. The minimum absolute atomic E-state index is 0.0647. The highest BCUT2D eigenvalue weighted by Gasteiger charge is 2.49. The second-order valence-corrected chi connectivity index (χ2v) is 5.93. The van der Waals surface area contributed by atoms with Crippen molar-refractivity contribution >= 4 is 22.0 Å². The van der Waals surface area contributed by atoms with Crippen LogP contribution in [0.15, 0.2) is 42.5 Å². The molecule has 1 aromatic carbocycles. The molecule has 4 atom stereocenters. The molecule has 0 aliphatic carbocycles. The van der Waals surface area contributed by atoms with Gasteiger partial charge in [-0.1, -0.05) is 52.3 Å². The fourth-order valence-corrected chi connectivity index (χ4v) is 3.37. The van der Waals surface area contributed by atoms with Gasteiger partial charge in [0.2, 0.25) is 0 Å². The number of benzene rings is 1. The number of allylic oxidation sites excluding steroid dienone is 1. The predicted octanol–water partition coefficient (Wildman–Crippen LogP) is 3.24. The summed E-state index contributed by atoms with van der Waals surface area (Å²) in [5.74, 6) is 0. The topological polar surface area (TPSA) is 38.8 Å². The van der Waals surface area contributed by atoms with Crippen molar-refractivity contribution in [1.82, 2.24) is 4.90 Å². The zero-order chi connectivity index (χ0) is 14.1. The summed E-state index contributed by atoms with van der Waals surface area (Å²) in [7, 11) is 0. The van der Waals surface area contributed by atoms with Gasteiger partial charge in [-0.2, -0.15) is 0 Å². The molecule has 1 amide bonds. The number of ether oxygens (including phenoxy) is 2. The summed E-state index contributed by atoms with van der Waals surface area (Å²) in [6.07, 6.45) is 2.85. The lowest BCUT2D eigenvalue weighted by Gasteiger charge is -2.38. The van der Waals surface area contributed by atoms with Crippen LogP contribution in [0.3, 0.4) is 0 Å². The van der Waals surface area contributed by atoms with Crippen molar-refractivity contribution in [3.05, 3.63) is 48.0 Å². The third-order valence-corrected chi connectivity index (χ3v) is 4.61. The van der Waals surface area contributed by atoms with Crippen molar-refractivity contribution in [3.8, 4) is 0 Å². The Morgan fingerprint density at radius 2 is 2.10 bits per heavy atom. The fourth-order valence-electron chi connectivity index (χ4n) is 2.68. The Morgan fingerprint density at radius 1 is 1.35 bits per heavy atom. The van der Waals surface area contributed by atoms with E-state index in [2.05, 4.69) is 15.9 Å². The molecule has 3 rings (SSSR count). The van der Waals surface area contributed by atoms with Crippen LogP contribution in [0.5, 0.6) is 0 Å². The summed E-state index contributed by atoms with van der Waals surface area (Å²) < 4.78 is 11.3. The minimum Gasteiger partial charge on any atom is -0.440 e. The van der Waals surface area contributed by atoms with Gasteiger partial charge in [0.15, 0.2) is 6.23 Å². The molecule has 5 heteroatoms. The number of amides is 1. The Balaban J connectivity index is 1.87. The van der Waals surface area contributed by atoms with Gasteiger partial charge >= 0.3 is 6.09 Å². The molecule has 0 unspecified atom stereocenters. The van der Waals surface area contributed by atoms with Gasteiger partial charge in [0.25, 0.3) is 0 Å². The number of carbonyl (C=O) groups excluding carboxylic acids is 1. The first-order valence-corrected chi connectivity index (χ1v) is 7.56. The quantitative estimate of drug-likeness (QED) is 0.614. The van der Waals surface area contributed by atoms with Crippen LogP contribution in [-0.4, -0.2) is 34.8 Å². The molecule has 0 radical (unpaired) electrons. The molecule has 0 spiro atoms. The van der Waals surface area contributed by atoms with Crippen LogP contribution in [0.25, 0.3) is 0 Å². The summed E-state index contributed by atoms with van der Waals surface area (Å²) in [4.78, 5) is 13.9. The van der Waals surface area contributed by atoms with Gasteiger partial charge in [-0.05, 0) is 18.6 Å². The third-order valence-electron chi connectivity index (χ3n) is 3.64. The van der Waals surface area contributed by atoms with Gasteiger partial charge in [0.1, 0.15) is 10.9 Å². The van der Waals surface area contributed by atoms with Gasteiger partial charge in [0, 0.05) is 0 Å². The number of alkyl halides is 1. The molecule has 0 N–H and O–H groups in total. The maximum atomic E-state index is 12.3. The first-order chi connectivity index (χ1) is 9.72.